The van der Waals surface area contributed by atoms with Crippen LogP contribution in [0.4, 0.5) is 4.79 Å². The number of urea groups is 1. The maximum absolute atomic E-state index is 9.44. The van der Waals surface area contributed by atoms with E-state index in [2.05, 4.69) is 22.9 Å². The number of primary amides is 4. The predicted octanol–water partition coefficient (Wildman–Crippen LogP) is 1.15. The van der Waals surface area contributed by atoms with Gasteiger partial charge in [0, 0.05) is 13.8 Å². The van der Waals surface area contributed by atoms with Crippen LogP contribution in [-0.4, -0.2) is 23.6 Å². The molecule has 0 fully saturated rings. The Bertz CT molecular complexity index is 167. The van der Waals surface area contributed by atoms with Gasteiger partial charge in [-0.1, -0.05) is 29.7 Å². The summed E-state index contributed by atoms with van der Waals surface area (Å²) in [6.45, 7) is 5.67. The Balaban J connectivity index is -0.0000000150. The highest BCUT2D eigenvalue weighted by Crippen LogP contribution is 1.50. The van der Waals surface area contributed by atoms with Gasteiger partial charge in [-0.2, -0.15) is 0 Å². The van der Waals surface area contributed by atoms with Crippen LogP contribution in [0.3, 0.4) is 0 Å². The van der Waals surface area contributed by atoms with Crippen LogP contribution in [0.5, 0.6) is 0 Å². The van der Waals surface area contributed by atoms with Crippen molar-refractivity contribution in [3.63, 3.8) is 0 Å². The first kappa shape index (κ1) is 52.2. The van der Waals surface area contributed by atoms with Crippen LogP contribution in [0, 0.1) is 0 Å². The van der Waals surface area contributed by atoms with Gasteiger partial charge >= 0.3 is 6.03 Å². The number of hydrogen-bond acceptors (Lipinski definition) is 4. The Morgan fingerprint density at radius 3 is 0.550 bits per heavy atom. The minimum Gasteiger partial charge on any atom is -0.370 e. The second-order valence-corrected chi connectivity index (χ2v) is 2.53. The van der Waals surface area contributed by atoms with E-state index in [0.29, 0.717) is 0 Å². The molecule has 0 rings (SSSR count). The SMILES string of the molecule is C.C.C.C.CC(C)=O.CC(N)=O.CC(N)=O.NC(N)=O. The lowest BCUT2D eigenvalue weighted by Gasteiger charge is -1.62. The maximum Gasteiger partial charge on any atom is 0.309 e. The predicted molar refractivity (Wildman–Crippen MR) is 86.8 cm³/mol. The number of carbonyl (C=O) groups is 4. The molecule has 0 aromatic carbocycles. The molecule has 8 heteroatoms. The zero-order valence-corrected chi connectivity index (χ0v) is 9.94. The first-order valence-electron chi connectivity index (χ1n) is 3.97. The molecule has 20 heavy (non-hydrogen) atoms. The smallest absolute Gasteiger partial charge is 0.309 e. The van der Waals surface area contributed by atoms with E-state index in [0.717, 1.165) is 0 Å². The van der Waals surface area contributed by atoms with Crippen molar-refractivity contribution in [2.24, 2.45) is 22.9 Å². The van der Waals surface area contributed by atoms with Gasteiger partial charge in [0.25, 0.3) is 0 Å². The van der Waals surface area contributed by atoms with Gasteiger partial charge < -0.3 is 27.7 Å². The molecule has 128 valence electrons. The quantitative estimate of drug-likeness (QED) is 0.525. The van der Waals surface area contributed by atoms with Crippen molar-refractivity contribution < 1.29 is 19.2 Å². The largest absolute Gasteiger partial charge is 0.370 e. The van der Waals surface area contributed by atoms with Crippen LogP contribution in [0.2, 0.25) is 0 Å². The molecule has 0 unspecified atom stereocenters. The van der Waals surface area contributed by atoms with Gasteiger partial charge in [0.2, 0.25) is 11.8 Å². The first-order chi connectivity index (χ1) is 6.93. The van der Waals surface area contributed by atoms with Crippen LogP contribution in [-0.2, 0) is 14.4 Å². The molecule has 0 aliphatic rings. The van der Waals surface area contributed by atoms with Gasteiger partial charge in [-0.3, -0.25) is 9.59 Å². The van der Waals surface area contributed by atoms with E-state index in [1.54, 1.807) is 0 Å². The lowest BCUT2D eigenvalue weighted by atomic mass is 10.6. The average Bonchev–Trinajstić information content (AvgIpc) is 1.76. The molecule has 8 N–H and O–H groups in total. The number of hydrogen-bond donors (Lipinski definition) is 4. The number of Topliss-reactive ketones (excluding diaryl/α,β-unsaturated/α-hetero) is 1. The molecular weight excluding hydrogens is 264 g/mol. The lowest BCUT2D eigenvalue weighted by molar-refractivity contribution is -0.116. The molecule has 0 aliphatic carbocycles. The standard InChI is InChI=1S/C3H6O.2C2H5NO.CH4N2O.4CH4/c1-3(2)4;2*1-2(3)4;2-1(3)4;;;;/h1-2H3;2*1H3,(H2,3,4);(H4,2,3,4);4*1H4. The summed E-state index contributed by atoms with van der Waals surface area (Å²) in [5.41, 5.74) is 17.4. The van der Waals surface area contributed by atoms with E-state index in [4.69, 9.17) is 4.79 Å². The number of ketones is 1. The molecule has 0 atom stereocenters. The third-order valence-corrected chi connectivity index (χ3v) is 0. The van der Waals surface area contributed by atoms with Crippen molar-refractivity contribution in [1.29, 1.82) is 0 Å². The van der Waals surface area contributed by atoms with Gasteiger partial charge in [-0.05, 0) is 13.8 Å². The molecule has 0 bridgehead atoms. The van der Waals surface area contributed by atoms with Crippen molar-refractivity contribution >= 4 is 23.6 Å². The minimum absolute atomic E-state index is 0. The minimum atomic E-state index is -0.833. The van der Waals surface area contributed by atoms with Gasteiger partial charge in [-0.25, -0.2) is 4.79 Å². The van der Waals surface area contributed by atoms with Crippen LogP contribution in [0.1, 0.15) is 57.4 Å². The molecule has 0 spiro atoms. The van der Waals surface area contributed by atoms with Crippen molar-refractivity contribution in [3.05, 3.63) is 0 Å². The Morgan fingerprint density at radius 1 is 0.550 bits per heavy atom. The van der Waals surface area contributed by atoms with Gasteiger partial charge in [0.1, 0.15) is 5.78 Å². The molecule has 0 aromatic rings. The van der Waals surface area contributed by atoms with E-state index in [1.165, 1.54) is 27.7 Å². The summed E-state index contributed by atoms with van der Waals surface area (Å²) in [6, 6.07) is -0.833. The fraction of sp³-hybridized carbons (Fsp3) is 0.667. The Morgan fingerprint density at radius 2 is 0.550 bits per heavy atom. The summed E-state index contributed by atoms with van der Waals surface area (Å²) in [4.78, 5) is 36.9. The topological polar surface area (TPSA) is 172 Å². The Labute approximate surface area is 124 Å². The van der Waals surface area contributed by atoms with Crippen molar-refractivity contribution in [2.45, 2.75) is 57.4 Å². The lowest BCUT2D eigenvalue weighted by Crippen LogP contribution is -2.18. The van der Waals surface area contributed by atoms with Crippen LogP contribution < -0.4 is 22.9 Å². The summed E-state index contributed by atoms with van der Waals surface area (Å²) in [7, 11) is 0. The number of rotatable bonds is 0. The Kier molecular flexibility index (Phi) is 114. The zero-order chi connectivity index (χ0) is 14.3. The molecule has 0 saturated carbocycles. The van der Waals surface area contributed by atoms with E-state index < -0.39 is 6.03 Å². The molecule has 0 aliphatic heterocycles. The molecule has 4 amide bonds. The summed E-state index contributed by atoms with van der Waals surface area (Å²) < 4.78 is 0. The summed E-state index contributed by atoms with van der Waals surface area (Å²) in [6.07, 6.45) is 0. The van der Waals surface area contributed by atoms with Gasteiger partial charge in [0.05, 0.1) is 0 Å². The van der Waals surface area contributed by atoms with Gasteiger partial charge in [-0.15, -0.1) is 0 Å². The molecule has 0 saturated heterocycles. The summed E-state index contributed by atoms with van der Waals surface area (Å²) in [5.74, 6) is -0.500. The highest BCUT2D eigenvalue weighted by molar-refractivity contribution is 5.72. The van der Waals surface area contributed by atoms with E-state index >= 15 is 0 Å². The fourth-order valence-corrected chi connectivity index (χ4v) is 0. The third-order valence-electron chi connectivity index (χ3n) is 0. The third kappa shape index (κ3) is 782. The Hall–Kier alpha value is -2.12. The van der Waals surface area contributed by atoms with Crippen LogP contribution in [0.25, 0.3) is 0 Å². The molecule has 0 radical (unpaired) electrons. The number of carbonyl (C=O) groups excluding carboxylic acids is 4. The highest BCUT2D eigenvalue weighted by atomic mass is 16.2. The van der Waals surface area contributed by atoms with E-state index in [1.807, 2.05) is 0 Å². The summed E-state index contributed by atoms with van der Waals surface area (Å²) >= 11 is 0. The van der Waals surface area contributed by atoms with E-state index in [-0.39, 0.29) is 47.3 Å². The molecule has 8 nitrogen and oxygen atoms in total. The van der Waals surface area contributed by atoms with Gasteiger partial charge in [0.15, 0.2) is 0 Å². The van der Waals surface area contributed by atoms with Crippen molar-refractivity contribution in [3.8, 4) is 0 Å². The van der Waals surface area contributed by atoms with Crippen molar-refractivity contribution in [1.82, 2.24) is 0 Å². The van der Waals surface area contributed by atoms with Crippen molar-refractivity contribution in [2.75, 3.05) is 0 Å². The fourth-order valence-electron chi connectivity index (χ4n) is 0. The number of amides is 4. The first-order valence-corrected chi connectivity index (χ1v) is 3.97. The van der Waals surface area contributed by atoms with E-state index in [9.17, 15) is 14.4 Å². The number of nitrogens with two attached hydrogens (primary N) is 4. The highest BCUT2D eigenvalue weighted by Gasteiger charge is 1.62. The molecule has 0 heterocycles. The molecule has 0 aromatic heterocycles. The monoisotopic (exact) mass is 300 g/mol. The second kappa shape index (κ2) is 43.6. The normalized spacial score (nSPS) is 5.00. The van der Waals surface area contributed by atoms with Crippen LogP contribution >= 0.6 is 0 Å². The second-order valence-electron chi connectivity index (χ2n) is 2.53. The van der Waals surface area contributed by atoms with Crippen LogP contribution in [0.15, 0.2) is 0 Å². The summed E-state index contributed by atoms with van der Waals surface area (Å²) in [5, 5.41) is 0. The molecular formula is C12H36N4O4. The maximum atomic E-state index is 9.44. The average molecular weight is 300 g/mol. The zero-order valence-electron chi connectivity index (χ0n) is 9.94.